The van der Waals surface area contributed by atoms with Gasteiger partial charge >= 0.3 is 0 Å². The van der Waals surface area contributed by atoms with Crippen LogP contribution in [-0.4, -0.2) is 42.1 Å². The number of hydrogen-bond acceptors (Lipinski definition) is 2. The zero-order valence-electron chi connectivity index (χ0n) is 14.0. The Morgan fingerprint density at radius 2 is 1.95 bits per heavy atom. The van der Waals surface area contributed by atoms with Crippen LogP contribution in [0, 0.1) is 23.2 Å². The molecule has 22 heavy (non-hydrogen) atoms. The lowest BCUT2D eigenvalue weighted by Crippen LogP contribution is -2.63. The van der Waals surface area contributed by atoms with Crippen LogP contribution in [0.15, 0.2) is 0 Å². The molecule has 0 aromatic carbocycles. The summed E-state index contributed by atoms with van der Waals surface area (Å²) in [7, 11) is 1.80. The van der Waals surface area contributed by atoms with Crippen molar-refractivity contribution in [1.82, 2.24) is 15.5 Å². The topological polar surface area (TPSA) is 44.4 Å². The number of amides is 1. The zero-order chi connectivity index (χ0) is 15.9. The van der Waals surface area contributed by atoms with Crippen molar-refractivity contribution in [3.8, 4) is 0 Å². The van der Waals surface area contributed by atoms with Crippen molar-refractivity contribution in [2.45, 2.75) is 52.0 Å². The Morgan fingerprint density at radius 3 is 2.41 bits per heavy atom. The third-order valence-corrected chi connectivity index (χ3v) is 6.81. The number of rotatable bonds is 4. The van der Waals surface area contributed by atoms with Crippen LogP contribution in [0.5, 0.6) is 0 Å². The van der Waals surface area contributed by atoms with E-state index in [9.17, 15) is 4.79 Å². The van der Waals surface area contributed by atoms with Crippen molar-refractivity contribution in [3.63, 3.8) is 0 Å². The number of fused-ring (bicyclic) bond motifs is 2. The highest BCUT2D eigenvalue weighted by atomic mass is 32.1. The minimum absolute atomic E-state index is 0.147. The monoisotopic (exact) mass is 323 g/mol. The number of hydrogen-bond donors (Lipinski definition) is 2. The second kappa shape index (κ2) is 5.99. The summed E-state index contributed by atoms with van der Waals surface area (Å²) in [5.74, 6) is 2.30. The second-order valence-electron chi connectivity index (χ2n) is 8.00. The van der Waals surface area contributed by atoms with Crippen molar-refractivity contribution in [1.29, 1.82) is 0 Å². The first kappa shape index (κ1) is 16.0. The first-order chi connectivity index (χ1) is 10.4. The van der Waals surface area contributed by atoms with Crippen LogP contribution >= 0.6 is 12.2 Å². The summed E-state index contributed by atoms with van der Waals surface area (Å²) in [6.07, 6.45) is 6.05. The Bertz CT molecular complexity index is 447. The van der Waals surface area contributed by atoms with Crippen LogP contribution < -0.4 is 10.6 Å². The third-order valence-electron chi connectivity index (χ3n) is 6.49. The third kappa shape index (κ3) is 2.84. The van der Waals surface area contributed by atoms with Crippen LogP contribution in [0.4, 0.5) is 0 Å². The van der Waals surface area contributed by atoms with E-state index < -0.39 is 0 Å². The molecule has 2 N–H and O–H groups in total. The molecule has 0 aromatic rings. The van der Waals surface area contributed by atoms with Gasteiger partial charge < -0.3 is 15.5 Å². The Labute approximate surface area is 139 Å². The van der Waals surface area contributed by atoms with Gasteiger partial charge in [-0.3, -0.25) is 4.79 Å². The molecule has 2 bridgehead atoms. The van der Waals surface area contributed by atoms with Crippen LogP contribution in [0.3, 0.4) is 0 Å². The normalized spacial score (nSPS) is 30.8. The predicted molar refractivity (Wildman–Crippen MR) is 92.5 cm³/mol. The minimum atomic E-state index is -0.147. The molecule has 124 valence electrons. The van der Waals surface area contributed by atoms with Gasteiger partial charge in [-0.25, -0.2) is 0 Å². The zero-order valence-corrected chi connectivity index (χ0v) is 14.8. The molecular formula is C17H29N3OS. The van der Waals surface area contributed by atoms with Gasteiger partial charge in [0.25, 0.3) is 0 Å². The molecule has 2 aliphatic heterocycles. The van der Waals surface area contributed by atoms with E-state index in [1.807, 2.05) is 0 Å². The van der Waals surface area contributed by atoms with E-state index >= 15 is 0 Å². The molecule has 0 radical (unpaired) electrons. The molecule has 2 saturated carbocycles. The van der Waals surface area contributed by atoms with Crippen molar-refractivity contribution < 1.29 is 4.79 Å². The van der Waals surface area contributed by atoms with Gasteiger partial charge in [0.05, 0.1) is 0 Å². The summed E-state index contributed by atoms with van der Waals surface area (Å²) < 4.78 is 0. The largest absolute Gasteiger partial charge is 0.366 e. The number of piperidine rings is 2. The lowest BCUT2D eigenvalue weighted by Gasteiger charge is -2.60. The Balaban J connectivity index is 1.62. The van der Waals surface area contributed by atoms with Crippen LogP contribution in [-0.2, 0) is 4.79 Å². The Kier molecular flexibility index (Phi) is 4.36. The second-order valence-corrected chi connectivity index (χ2v) is 8.41. The van der Waals surface area contributed by atoms with E-state index in [1.54, 1.807) is 7.05 Å². The molecule has 0 aromatic heterocycles. The molecule has 2 heterocycles. The molecule has 2 saturated heterocycles. The standard InChI is InChI=1S/C17H29N3OS/c1-17(2)12-8-13(17)10-20(9-12)15(21)14(19-16(22)18-3)7-11-5-4-6-11/h11-14H,4-10H2,1-3H3,(H2,18,19,22)/t12-,13+,14-/m0/s1. The van der Waals surface area contributed by atoms with Crippen molar-refractivity contribution >= 4 is 23.2 Å². The molecule has 4 aliphatic rings. The Morgan fingerprint density at radius 1 is 1.32 bits per heavy atom. The van der Waals surface area contributed by atoms with E-state index in [0.717, 1.165) is 19.5 Å². The summed E-state index contributed by atoms with van der Waals surface area (Å²) >= 11 is 5.23. The lowest BCUT2D eigenvalue weighted by molar-refractivity contribution is -0.154. The number of carbonyl (C=O) groups is 1. The highest BCUT2D eigenvalue weighted by molar-refractivity contribution is 7.80. The predicted octanol–water partition coefficient (Wildman–Crippen LogP) is 2.14. The maximum Gasteiger partial charge on any atom is 0.245 e. The molecule has 2 aliphatic carbocycles. The number of nitrogens with zero attached hydrogens (tertiary/aromatic N) is 1. The molecule has 4 nitrogen and oxygen atoms in total. The van der Waals surface area contributed by atoms with Gasteiger partial charge in [-0.05, 0) is 48.2 Å². The molecule has 4 rings (SSSR count). The summed E-state index contributed by atoms with van der Waals surface area (Å²) in [5, 5.41) is 6.77. The first-order valence-corrected chi connectivity index (χ1v) is 9.09. The van der Waals surface area contributed by atoms with Crippen LogP contribution in [0.1, 0.15) is 46.0 Å². The van der Waals surface area contributed by atoms with Crippen molar-refractivity contribution in [2.24, 2.45) is 23.2 Å². The molecule has 3 atom stereocenters. The summed E-state index contributed by atoms with van der Waals surface area (Å²) in [6, 6.07) is -0.147. The molecular weight excluding hydrogens is 294 g/mol. The first-order valence-electron chi connectivity index (χ1n) is 8.68. The van der Waals surface area contributed by atoms with E-state index in [1.165, 1.54) is 25.7 Å². The fourth-order valence-electron chi connectivity index (χ4n) is 4.26. The van der Waals surface area contributed by atoms with Gasteiger partial charge in [0, 0.05) is 20.1 Å². The molecule has 1 amide bonds. The fraction of sp³-hybridized carbons (Fsp3) is 0.882. The average molecular weight is 324 g/mol. The smallest absolute Gasteiger partial charge is 0.245 e. The van der Waals surface area contributed by atoms with Crippen molar-refractivity contribution in [3.05, 3.63) is 0 Å². The highest BCUT2D eigenvalue weighted by Crippen LogP contribution is 2.54. The quantitative estimate of drug-likeness (QED) is 0.778. The molecule has 0 spiro atoms. The Hall–Kier alpha value is -0.840. The highest BCUT2D eigenvalue weighted by Gasteiger charge is 2.53. The number of carbonyl (C=O) groups excluding carboxylic acids is 1. The molecule has 4 fully saturated rings. The van der Waals surface area contributed by atoms with Crippen molar-refractivity contribution in [2.75, 3.05) is 20.1 Å². The number of nitrogens with one attached hydrogen (secondary N) is 2. The SMILES string of the molecule is CNC(=S)N[C@@H](CC1CCC1)C(=O)N1C[C@H]2C[C@@H](C1)C2(C)C. The number of thiocarbonyl (C=S) groups is 1. The molecule has 0 unspecified atom stereocenters. The maximum absolute atomic E-state index is 13.0. The van der Waals surface area contributed by atoms with Gasteiger partial charge in [-0.15, -0.1) is 0 Å². The van der Waals surface area contributed by atoms with Gasteiger partial charge in [0.1, 0.15) is 6.04 Å². The van der Waals surface area contributed by atoms with Gasteiger partial charge in [-0.2, -0.15) is 0 Å². The average Bonchev–Trinajstić information content (AvgIpc) is 2.48. The van der Waals surface area contributed by atoms with Crippen LogP contribution in [0.25, 0.3) is 0 Å². The van der Waals surface area contributed by atoms with E-state index in [0.29, 0.717) is 28.3 Å². The van der Waals surface area contributed by atoms with Gasteiger partial charge in [0.2, 0.25) is 5.91 Å². The minimum Gasteiger partial charge on any atom is -0.366 e. The summed E-state index contributed by atoms with van der Waals surface area (Å²) in [6.45, 7) is 6.57. The fourth-order valence-corrected chi connectivity index (χ4v) is 4.41. The molecule has 5 heteroatoms. The van der Waals surface area contributed by atoms with Crippen LogP contribution in [0.2, 0.25) is 0 Å². The van der Waals surface area contributed by atoms with E-state index in [4.69, 9.17) is 12.2 Å². The maximum atomic E-state index is 13.0. The van der Waals surface area contributed by atoms with E-state index in [2.05, 4.69) is 29.4 Å². The summed E-state index contributed by atoms with van der Waals surface area (Å²) in [4.78, 5) is 15.1. The van der Waals surface area contributed by atoms with Gasteiger partial charge in [0.15, 0.2) is 5.11 Å². The van der Waals surface area contributed by atoms with E-state index in [-0.39, 0.29) is 11.9 Å². The lowest BCUT2D eigenvalue weighted by atomic mass is 9.52. The van der Waals surface area contributed by atoms with Gasteiger partial charge in [-0.1, -0.05) is 33.1 Å². The summed E-state index contributed by atoms with van der Waals surface area (Å²) in [5.41, 5.74) is 0.425.